The summed E-state index contributed by atoms with van der Waals surface area (Å²) in [6.07, 6.45) is 3.54. The lowest BCUT2D eigenvalue weighted by molar-refractivity contribution is 0.420. The predicted molar refractivity (Wildman–Crippen MR) is 120 cm³/mol. The molecule has 4 heterocycles. The van der Waals surface area contributed by atoms with Crippen LogP contribution in [0.4, 0.5) is 0 Å². The van der Waals surface area contributed by atoms with Crippen molar-refractivity contribution in [3.63, 3.8) is 0 Å². The molecule has 4 aromatic heterocycles. The number of imidazole rings is 1. The minimum Gasteiger partial charge on any atom is -0.334 e. The van der Waals surface area contributed by atoms with Crippen LogP contribution in [-0.2, 0) is 19.5 Å². The lowest BCUT2D eigenvalue weighted by Gasteiger charge is -2.10. The van der Waals surface area contributed by atoms with Gasteiger partial charge >= 0.3 is 5.69 Å². The van der Waals surface area contributed by atoms with Gasteiger partial charge in [0, 0.05) is 19.5 Å². The number of aromatic amines is 1. The van der Waals surface area contributed by atoms with Gasteiger partial charge in [-0.05, 0) is 42.3 Å². The summed E-state index contributed by atoms with van der Waals surface area (Å²) in [4.78, 5) is 37.0. The summed E-state index contributed by atoms with van der Waals surface area (Å²) in [5.74, 6) is 0.943. The third kappa shape index (κ3) is 4.46. The van der Waals surface area contributed by atoms with Crippen molar-refractivity contribution >= 4 is 45.7 Å². The molecule has 0 saturated heterocycles. The van der Waals surface area contributed by atoms with E-state index in [0.717, 1.165) is 18.4 Å². The molecule has 0 aromatic carbocycles. The van der Waals surface area contributed by atoms with E-state index in [-0.39, 0.29) is 23.0 Å². The van der Waals surface area contributed by atoms with Crippen LogP contribution in [-0.4, -0.2) is 29.2 Å². The van der Waals surface area contributed by atoms with E-state index < -0.39 is 5.56 Å². The van der Waals surface area contributed by atoms with Gasteiger partial charge in [-0.2, -0.15) is 9.97 Å². The monoisotopic (exact) mass is 482 g/mol. The first-order valence-corrected chi connectivity index (χ1v) is 11.6. The second-order valence-electron chi connectivity index (χ2n) is 7.05. The molecule has 1 N–H and O–H groups in total. The molecule has 4 aromatic rings. The fourth-order valence-electron chi connectivity index (χ4n) is 3.32. The Kier molecular flexibility index (Phi) is 6.59. The van der Waals surface area contributed by atoms with Crippen molar-refractivity contribution in [3.8, 4) is 11.5 Å². The molecule has 0 atom stereocenters. The van der Waals surface area contributed by atoms with Gasteiger partial charge in [0.2, 0.25) is 5.28 Å². The summed E-state index contributed by atoms with van der Waals surface area (Å²) >= 11 is 13.5. The number of aryl methyl sites for hydroxylation is 2. The molecule has 9 nitrogen and oxygen atoms in total. The van der Waals surface area contributed by atoms with Crippen LogP contribution in [0.2, 0.25) is 9.62 Å². The molecule has 12 heteroatoms. The van der Waals surface area contributed by atoms with Gasteiger partial charge in [-0.3, -0.25) is 13.9 Å². The van der Waals surface area contributed by atoms with Gasteiger partial charge in [0.05, 0.1) is 5.56 Å². The number of nitrogens with one attached hydrogen (secondary N) is 1. The topological polar surface area (TPSA) is 112 Å². The number of hydrogen-bond donors (Lipinski definition) is 1. The van der Waals surface area contributed by atoms with E-state index in [4.69, 9.17) is 27.7 Å². The molecule has 0 aliphatic heterocycles. The maximum atomic E-state index is 12.9. The number of aromatic nitrogens is 6. The Morgan fingerprint density at radius 1 is 1.13 bits per heavy atom. The quantitative estimate of drug-likeness (QED) is 0.283. The number of H-pyrrole nitrogens is 1. The number of halogens is 2. The fourth-order valence-corrected chi connectivity index (χ4v) is 4.40. The molecule has 0 aliphatic carbocycles. The van der Waals surface area contributed by atoms with Crippen LogP contribution in [0.15, 0.2) is 25.6 Å². The predicted octanol–water partition coefficient (Wildman–Crippen LogP) is 4.13. The molecule has 0 unspecified atom stereocenters. The number of nitrogens with zero attached hydrogens (tertiary/aromatic N) is 5. The molecule has 0 radical (unpaired) electrons. The zero-order chi connectivity index (χ0) is 22.0. The standard InChI is InChI=1S/C19H20Cl2N6O3S/c1-2-3-8-26-15-13(23-18(21)24-15)17(28)27(19(26)29)9-5-4-6-12-22-16(30-25-12)11-7-10-31-14(11)20/h7,10H,2-6,8-9H2,1H3,(H,23,24). The van der Waals surface area contributed by atoms with E-state index in [1.807, 2.05) is 18.4 Å². The lowest BCUT2D eigenvalue weighted by atomic mass is 10.2. The molecule has 4 rings (SSSR count). The summed E-state index contributed by atoms with van der Waals surface area (Å²) in [5.41, 5.74) is 0.479. The van der Waals surface area contributed by atoms with Gasteiger partial charge in [-0.1, -0.05) is 30.1 Å². The Morgan fingerprint density at radius 2 is 1.94 bits per heavy atom. The number of rotatable bonds is 9. The molecule has 0 bridgehead atoms. The van der Waals surface area contributed by atoms with Crippen molar-refractivity contribution in [1.29, 1.82) is 0 Å². The number of thiophene rings is 1. The highest BCUT2D eigenvalue weighted by Gasteiger charge is 2.17. The summed E-state index contributed by atoms with van der Waals surface area (Å²) < 4.78 is 8.62. The van der Waals surface area contributed by atoms with Gasteiger partial charge in [0.15, 0.2) is 17.0 Å². The van der Waals surface area contributed by atoms with Gasteiger partial charge in [-0.25, -0.2) is 4.79 Å². The van der Waals surface area contributed by atoms with E-state index in [1.165, 1.54) is 20.5 Å². The first kappa shape index (κ1) is 21.8. The SMILES string of the molecule is CCCCn1c(=O)n(CCCCc2noc(-c3ccsc3Cl)n2)c(=O)c2[nH]c(Cl)nc21. The maximum absolute atomic E-state index is 12.9. The fraction of sp³-hybridized carbons (Fsp3) is 0.421. The first-order chi connectivity index (χ1) is 15.0. The molecule has 0 saturated carbocycles. The number of hydrogen-bond acceptors (Lipinski definition) is 7. The molecule has 0 aliphatic rings. The van der Waals surface area contributed by atoms with Gasteiger partial charge < -0.3 is 9.51 Å². The third-order valence-corrected chi connectivity index (χ3v) is 6.27. The van der Waals surface area contributed by atoms with Crippen LogP contribution >= 0.6 is 34.5 Å². The minimum atomic E-state index is -0.416. The highest BCUT2D eigenvalue weighted by molar-refractivity contribution is 7.15. The first-order valence-electron chi connectivity index (χ1n) is 9.94. The summed E-state index contributed by atoms with van der Waals surface area (Å²) in [6, 6.07) is 1.83. The molecule has 0 spiro atoms. The number of fused-ring (bicyclic) bond motifs is 1. The third-order valence-electron chi connectivity index (χ3n) is 4.92. The molecular weight excluding hydrogens is 463 g/mol. The second kappa shape index (κ2) is 9.37. The Labute approximate surface area is 190 Å². The lowest BCUT2D eigenvalue weighted by Crippen LogP contribution is -2.40. The molecule has 31 heavy (non-hydrogen) atoms. The Hall–Kier alpha value is -2.43. The Morgan fingerprint density at radius 3 is 2.68 bits per heavy atom. The van der Waals surface area contributed by atoms with Crippen molar-refractivity contribution in [2.24, 2.45) is 0 Å². The Balaban J connectivity index is 1.47. The van der Waals surface area contributed by atoms with E-state index in [0.29, 0.717) is 47.5 Å². The van der Waals surface area contributed by atoms with Crippen LogP contribution in [0.1, 0.15) is 38.4 Å². The van der Waals surface area contributed by atoms with Crippen LogP contribution in [0, 0.1) is 0 Å². The maximum Gasteiger partial charge on any atom is 0.332 e. The van der Waals surface area contributed by atoms with Crippen molar-refractivity contribution in [2.45, 2.75) is 52.1 Å². The normalized spacial score (nSPS) is 11.6. The van der Waals surface area contributed by atoms with Crippen LogP contribution in [0.3, 0.4) is 0 Å². The van der Waals surface area contributed by atoms with Crippen molar-refractivity contribution in [1.82, 2.24) is 29.2 Å². The van der Waals surface area contributed by atoms with Gasteiger partial charge in [0.1, 0.15) is 4.34 Å². The molecule has 0 amide bonds. The summed E-state index contributed by atoms with van der Waals surface area (Å²) in [6.45, 7) is 2.78. The van der Waals surface area contributed by atoms with E-state index in [9.17, 15) is 9.59 Å². The highest BCUT2D eigenvalue weighted by atomic mass is 35.5. The number of unbranched alkanes of at least 4 members (excludes halogenated alkanes) is 2. The zero-order valence-corrected chi connectivity index (χ0v) is 19.1. The van der Waals surface area contributed by atoms with E-state index in [1.54, 1.807) is 0 Å². The van der Waals surface area contributed by atoms with Crippen molar-refractivity contribution < 1.29 is 4.52 Å². The van der Waals surface area contributed by atoms with E-state index in [2.05, 4.69) is 20.1 Å². The van der Waals surface area contributed by atoms with Crippen LogP contribution < -0.4 is 11.2 Å². The smallest absolute Gasteiger partial charge is 0.332 e. The average molecular weight is 483 g/mol. The molecular formula is C19H20Cl2N6O3S. The average Bonchev–Trinajstić information content (AvgIpc) is 3.47. The van der Waals surface area contributed by atoms with Crippen molar-refractivity contribution in [2.75, 3.05) is 0 Å². The van der Waals surface area contributed by atoms with Gasteiger partial charge in [-0.15, -0.1) is 11.3 Å². The summed E-state index contributed by atoms with van der Waals surface area (Å²) in [7, 11) is 0. The highest BCUT2D eigenvalue weighted by Crippen LogP contribution is 2.31. The van der Waals surface area contributed by atoms with Gasteiger partial charge in [0.25, 0.3) is 11.4 Å². The van der Waals surface area contributed by atoms with Crippen LogP contribution in [0.25, 0.3) is 22.6 Å². The molecule has 164 valence electrons. The Bertz CT molecular complexity index is 1320. The largest absolute Gasteiger partial charge is 0.334 e. The summed E-state index contributed by atoms with van der Waals surface area (Å²) in [5, 5.41) is 5.93. The molecule has 0 fully saturated rings. The van der Waals surface area contributed by atoms with E-state index >= 15 is 0 Å². The van der Waals surface area contributed by atoms with Crippen LogP contribution in [0.5, 0.6) is 0 Å². The second-order valence-corrected chi connectivity index (χ2v) is 8.93. The zero-order valence-electron chi connectivity index (χ0n) is 16.7. The minimum absolute atomic E-state index is 0.0909. The van der Waals surface area contributed by atoms with Crippen molar-refractivity contribution in [3.05, 3.63) is 47.7 Å².